The van der Waals surface area contributed by atoms with Crippen LogP contribution < -0.4 is 0 Å². The van der Waals surface area contributed by atoms with E-state index < -0.39 is 0 Å². The van der Waals surface area contributed by atoms with Gasteiger partial charge in [-0.15, -0.1) is 0 Å². The van der Waals surface area contributed by atoms with Crippen molar-refractivity contribution in [3.05, 3.63) is 64.8 Å². The van der Waals surface area contributed by atoms with E-state index in [4.69, 9.17) is 0 Å². The molecule has 1 aliphatic heterocycles. The van der Waals surface area contributed by atoms with E-state index >= 15 is 0 Å². The molecular weight excluding hydrogens is 266 g/mol. The van der Waals surface area contributed by atoms with Gasteiger partial charge in [-0.05, 0) is 56.3 Å². The van der Waals surface area contributed by atoms with E-state index in [0.717, 1.165) is 6.42 Å². The van der Waals surface area contributed by atoms with Crippen molar-refractivity contribution in [1.82, 2.24) is 0 Å². The second-order valence-electron chi connectivity index (χ2n) is 6.36. The maximum atomic E-state index is 2.36. The molecule has 1 aromatic carbocycles. The summed E-state index contributed by atoms with van der Waals surface area (Å²) >= 11 is 0. The molecule has 0 bridgehead atoms. The van der Waals surface area contributed by atoms with Gasteiger partial charge in [0.25, 0.3) is 0 Å². The highest BCUT2D eigenvalue weighted by molar-refractivity contribution is 5.96. The lowest BCUT2D eigenvalue weighted by Crippen LogP contribution is -2.05. The molecule has 114 valence electrons. The second-order valence-corrected chi connectivity index (χ2v) is 6.36. The fourth-order valence-corrected chi connectivity index (χ4v) is 3.60. The maximum absolute atomic E-state index is 2.36. The molecule has 2 aliphatic rings. The number of allylic oxidation sites excluding steroid dienone is 6. The largest absolute Gasteiger partial charge is 0.208 e. The molecule has 0 amide bonds. The van der Waals surface area contributed by atoms with E-state index in [1.165, 1.54) is 59.4 Å². The summed E-state index contributed by atoms with van der Waals surface area (Å²) in [4.78, 5) is 0. The van der Waals surface area contributed by atoms with Crippen LogP contribution in [0, 0.1) is 0 Å². The summed E-state index contributed by atoms with van der Waals surface area (Å²) in [5.74, 6) is 0. The minimum atomic E-state index is 1.05. The Balaban J connectivity index is 1.87. The van der Waals surface area contributed by atoms with Crippen molar-refractivity contribution in [3.63, 3.8) is 0 Å². The number of para-hydroxylation sites is 1. The van der Waals surface area contributed by atoms with Crippen LogP contribution in [0.1, 0.15) is 45.1 Å². The van der Waals surface area contributed by atoms with Crippen molar-refractivity contribution < 1.29 is 4.58 Å². The molecule has 0 N–H and O–H groups in total. The summed E-state index contributed by atoms with van der Waals surface area (Å²) in [5, 5.41) is 0. The van der Waals surface area contributed by atoms with Crippen LogP contribution in [0.15, 0.2) is 59.2 Å². The Labute approximate surface area is 134 Å². The van der Waals surface area contributed by atoms with Crippen molar-refractivity contribution in [2.24, 2.45) is 0 Å². The first kappa shape index (κ1) is 15.0. The highest BCUT2D eigenvalue weighted by atomic mass is 15.0. The third kappa shape index (κ3) is 2.85. The Morgan fingerprint density at radius 2 is 1.82 bits per heavy atom. The van der Waals surface area contributed by atoms with E-state index in [9.17, 15) is 0 Å². The van der Waals surface area contributed by atoms with Gasteiger partial charge in [0, 0.05) is 17.7 Å². The summed E-state index contributed by atoms with van der Waals surface area (Å²) in [7, 11) is 2.18. The van der Waals surface area contributed by atoms with Gasteiger partial charge < -0.3 is 0 Å². The Morgan fingerprint density at radius 3 is 2.59 bits per heavy atom. The van der Waals surface area contributed by atoms with Crippen molar-refractivity contribution in [3.8, 4) is 0 Å². The average Bonchev–Trinajstić information content (AvgIpc) is 2.74. The first-order chi connectivity index (χ1) is 10.7. The Kier molecular flexibility index (Phi) is 4.42. The molecule has 1 aliphatic carbocycles. The summed E-state index contributed by atoms with van der Waals surface area (Å²) in [6, 6.07) is 8.71. The fraction of sp³-hybridized carbons (Fsp3) is 0.381. The van der Waals surface area contributed by atoms with Crippen molar-refractivity contribution >= 4 is 11.4 Å². The molecule has 0 saturated carbocycles. The van der Waals surface area contributed by atoms with Crippen LogP contribution in [0.4, 0.5) is 5.69 Å². The lowest BCUT2D eigenvalue weighted by molar-refractivity contribution is -0.400. The van der Waals surface area contributed by atoms with E-state index in [-0.39, 0.29) is 0 Å². The number of rotatable bonds is 2. The smallest absolute Gasteiger partial charge is 0.198 e. The molecule has 0 radical (unpaired) electrons. The van der Waals surface area contributed by atoms with Gasteiger partial charge in [-0.1, -0.05) is 30.4 Å². The van der Waals surface area contributed by atoms with Crippen molar-refractivity contribution in [2.45, 2.75) is 46.0 Å². The monoisotopic (exact) mass is 292 g/mol. The predicted octanol–water partition coefficient (Wildman–Crippen LogP) is 5.35. The predicted molar refractivity (Wildman–Crippen MR) is 95.1 cm³/mol. The van der Waals surface area contributed by atoms with Crippen LogP contribution >= 0.6 is 0 Å². The summed E-state index contributed by atoms with van der Waals surface area (Å²) < 4.78 is 2.33. The first-order valence-electron chi connectivity index (χ1n) is 8.41. The van der Waals surface area contributed by atoms with E-state index in [1.54, 1.807) is 0 Å². The highest BCUT2D eigenvalue weighted by Crippen LogP contribution is 2.29. The zero-order valence-electron chi connectivity index (χ0n) is 14.0. The maximum Gasteiger partial charge on any atom is 0.208 e. The molecule has 22 heavy (non-hydrogen) atoms. The molecule has 1 heterocycles. The molecule has 0 fully saturated rings. The minimum Gasteiger partial charge on any atom is -0.198 e. The van der Waals surface area contributed by atoms with Crippen LogP contribution in [-0.2, 0) is 6.42 Å². The number of hydrogen-bond acceptors (Lipinski definition) is 0. The summed E-state index contributed by atoms with van der Waals surface area (Å²) in [5.41, 5.74) is 8.73. The topological polar surface area (TPSA) is 3.01 Å². The first-order valence-corrected chi connectivity index (χ1v) is 8.41. The standard InChI is InChI=1S/C21H26N/c1-4-17-9-5-6-10-18(16(17)2)13-14-20-15-19-11-7-8-12-21(19)22(20)3/h4,7-8,11-14H,5-6,9-10,15H2,1-3H3/q+1. The number of nitrogens with zero attached hydrogens (tertiary/aromatic N) is 1. The zero-order valence-corrected chi connectivity index (χ0v) is 14.0. The number of fused-ring (bicyclic) bond motifs is 1. The molecule has 1 nitrogen and oxygen atoms in total. The fourth-order valence-electron chi connectivity index (χ4n) is 3.60. The van der Waals surface area contributed by atoms with Gasteiger partial charge in [-0.25, -0.2) is 0 Å². The summed E-state index contributed by atoms with van der Waals surface area (Å²) in [6.07, 6.45) is 13.1. The number of hydrogen-bond donors (Lipinski definition) is 0. The molecule has 0 saturated heterocycles. The van der Waals surface area contributed by atoms with Gasteiger partial charge in [0.15, 0.2) is 5.71 Å². The number of benzene rings is 1. The Hall–Kier alpha value is -1.89. The van der Waals surface area contributed by atoms with Crippen LogP contribution in [-0.4, -0.2) is 17.3 Å². The van der Waals surface area contributed by atoms with Crippen LogP contribution in [0.5, 0.6) is 0 Å². The van der Waals surface area contributed by atoms with Gasteiger partial charge in [0.05, 0.1) is 6.42 Å². The van der Waals surface area contributed by atoms with E-state index in [1.807, 2.05) is 0 Å². The lowest BCUT2D eigenvalue weighted by Gasteiger charge is -2.06. The van der Waals surface area contributed by atoms with Gasteiger partial charge >= 0.3 is 0 Å². The van der Waals surface area contributed by atoms with Crippen molar-refractivity contribution in [1.29, 1.82) is 0 Å². The van der Waals surface area contributed by atoms with E-state index in [2.05, 4.69) is 68.0 Å². The lowest BCUT2D eigenvalue weighted by atomic mass is 9.99. The Bertz CT molecular complexity index is 698. The summed E-state index contributed by atoms with van der Waals surface area (Å²) in [6.45, 7) is 4.46. The van der Waals surface area contributed by atoms with Crippen LogP contribution in [0.25, 0.3) is 0 Å². The minimum absolute atomic E-state index is 1.05. The Morgan fingerprint density at radius 1 is 1.05 bits per heavy atom. The molecular formula is C21H26N+. The van der Waals surface area contributed by atoms with Crippen LogP contribution in [0.2, 0.25) is 0 Å². The zero-order chi connectivity index (χ0) is 15.5. The SMILES string of the molecule is CC=C1CCCCC(C=CC2=[N+](C)c3ccccc3C2)=C1C. The molecule has 3 rings (SSSR count). The highest BCUT2D eigenvalue weighted by Gasteiger charge is 2.24. The van der Waals surface area contributed by atoms with Gasteiger partial charge in [-0.3, -0.25) is 0 Å². The van der Waals surface area contributed by atoms with E-state index in [0.29, 0.717) is 0 Å². The quantitative estimate of drug-likeness (QED) is 0.646. The third-order valence-corrected chi connectivity index (χ3v) is 5.09. The molecule has 0 spiro atoms. The third-order valence-electron chi connectivity index (χ3n) is 5.09. The average molecular weight is 292 g/mol. The van der Waals surface area contributed by atoms with Crippen molar-refractivity contribution in [2.75, 3.05) is 7.05 Å². The second kappa shape index (κ2) is 6.48. The van der Waals surface area contributed by atoms with Crippen LogP contribution in [0.3, 0.4) is 0 Å². The molecule has 0 unspecified atom stereocenters. The molecule has 1 heteroatoms. The van der Waals surface area contributed by atoms with Gasteiger partial charge in [0.2, 0.25) is 5.69 Å². The molecule has 1 aromatic rings. The molecule has 0 atom stereocenters. The van der Waals surface area contributed by atoms with Gasteiger partial charge in [-0.2, -0.15) is 4.58 Å². The normalized spacial score (nSPS) is 21.0. The van der Waals surface area contributed by atoms with Gasteiger partial charge in [0.1, 0.15) is 7.05 Å². The molecule has 0 aromatic heterocycles.